The molecule has 2 aromatic carbocycles. The van der Waals surface area contributed by atoms with Crippen LogP contribution in [0.2, 0.25) is 0 Å². The fourth-order valence-corrected chi connectivity index (χ4v) is 5.18. The highest BCUT2D eigenvalue weighted by Crippen LogP contribution is 2.35. The zero-order valence-electron chi connectivity index (χ0n) is 19.8. The summed E-state index contributed by atoms with van der Waals surface area (Å²) in [6, 6.07) is 0. The van der Waals surface area contributed by atoms with Gasteiger partial charge in [0.2, 0.25) is 0 Å². The van der Waals surface area contributed by atoms with E-state index in [1.165, 1.54) is 22.3 Å². The van der Waals surface area contributed by atoms with Crippen molar-refractivity contribution in [2.75, 3.05) is 6.67 Å². The maximum Gasteiger partial charge on any atom is 0.169 e. The molecule has 2 aromatic rings. The van der Waals surface area contributed by atoms with Crippen molar-refractivity contribution in [3.05, 3.63) is 66.8 Å². The number of benzene rings is 2. The van der Waals surface area contributed by atoms with E-state index in [2.05, 4.69) is 41.5 Å². The van der Waals surface area contributed by atoms with E-state index in [4.69, 9.17) is 9.98 Å². The van der Waals surface area contributed by atoms with Crippen molar-refractivity contribution in [2.45, 2.75) is 68.2 Å². The molecule has 4 heteroatoms. The highest BCUT2D eigenvalue weighted by atomic mass is 16.1. The quantitative estimate of drug-likeness (QED) is 0.646. The Bertz CT molecular complexity index is 1160. The van der Waals surface area contributed by atoms with Crippen LogP contribution in [-0.4, -0.2) is 29.7 Å². The second-order valence-corrected chi connectivity index (χ2v) is 9.05. The Morgan fingerprint density at radius 1 is 0.484 bits per heavy atom. The molecule has 0 aromatic heterocycles. The zero-order valence-corrected chi connectivity index (χ0v) is 19.8. The van der Waals surface area contributed by atoms with Gasteiger partial charge in [-0.3, -0.25) is 19.6 Å². The monoisotopic (exact) mass is 414 g/mol. The Balaban J connectivity index is 1.75. The van der Waals surface area contributed by atoms with Gasteiger partial charge in [-0.2, -0.15) is 0 Å². The largest absolute Gasteiger partial charge is 0.294 e. The van der Waals surface area contributed by atoms with Crippen molar-refractivity contribution < 1.29 is 9.59 Å². The molecule has 0 radical (unpaired) electrons. The van der Waals surface area contributed by atoms with E-state index < -0.39 is 0 Å². The van der Waals surface area contributed by atoms with Crippen LogP contribution >= 0.6 is 0 Å². The van der Waals surface area contributed by atoms with Crippen LogP contribution in [-0.2, 0) is 0 Å². The number of ketones is 2. The Labute approximate surface area is 184 Å². The molecule has 0 spiro atoms. The summed E-state index contributed by atoms with van der Waals surface area (Å²) in [5.74, 6) is 0.285. The summed E-state index contributed by atoms with van der Waals surface area (Å²) in [4.78, 5) is 34.9. The molecule has 2 aliphatic rings. The first-order valence-corrected chi connectivity index (χ1v) is 10.9. The van der Waals surface area contributed by atoms with Gasteiger partial charge in [-0.1, -0.05) is 0 Å². The van der Waals surface area contributed by atoms with Crippen molar-refractivity contribution >= 4 is 23.0 Å². The van der Waals surface area contributed by atoms with Gasteiger partial charge in [-0.15, -0.1) is 0 Å². The van der Waals surface area contributed by atoms with Crippen LogP contribution in [0.5, 0.6) is 0 Å². The minimum absolute atomic E-state index is 0.143. The number of fused-ring (bicyclic) bond motifs is 2. The lowest BCUT2D eigenvalue weighted by Crippen LogP contribution is -2.06. The summed E-state index contributed by atoms with van der Waals surface area (Å²) in [5.41, 5.74) is 14.5. The molecule has 0 N–H and O–H groups in total. The third-order valence-electron chi connectivity index (χ3n) is 7.69. The molecule has 0 aliphatic heterocycles. The Morgan fingerprint density at radius 3 is 1.10 bits per heavy atom. The van der Waals surface area contributed by atoms with Gasteiger partial charge in [0.05, 0.1) is 24.3 Å². The molecule has 0 saturated heterocycles. The lowest BCUT2D eigenvalue weighted by Gasteiger charge is -2.15. The fraction of sp³-hybridized carbons (Fsp3) is 0.407. The first kappa shape index (κ1) is 21.4. The maximum atomic E-state index is 12.7. The maximum absolute atomic E-state index is 12.7. The summed E-state index contributed by atoms with van der Waals surface area (Å²) < 4.78 is 0. The number of hydrogen-bond acceptors (Lipinski definition) is 4. The smallest absolute Gasteiger partial charge is 0.169 e. The predicted octanol–water partition coefficient (Wildman–Crippen LogP) is 5.56. The van der Waals surface area contributed by atoms with Crippen molar-refractivity contribution in [2.24, 2.45) is 9.98 Å². The Hall–Kier alpha value is -2.88. The third kappa shape index (κ3) is 3.03. The predicted molar refractivity (Wildman–Crippen MR) is 127 cm³/mol. The van der Waals surface area contributed by atoms with Crippen LogP contribution in [0, 0.1) is 55.4 Å². The average Bonchev–Trinajstić information content (AvgIpc) is 3.24. The molecule has 0 saturated carbocycles. The van der Waals surface area contributed by atoms with E-state index in [0.29, 0.717) is 12.8 Å². The summed E-state index contributed by atoms with van der Waals surface area (Å²) >= 11 is 0. The Kier molecular flexibility index (Phi) is 5.07. The zero-order chi connectivity index (χ0) is 22.8. The number of hydrogen-bond donors (Lipinski definition) is 0. The summed E-state index contributed by atoms with van der Waals surface area (Å²) in [7, 11) is 0. The van der Waals surface area contributed by atoms with E-state index in [9.17, 15) is 9.59 Å². The number of carbonyl (C=O) groups is 2. The average molecular weight is 415 g/mol. The molecular weight excluding hydrogens is 384 g/mol. The van der Waals surface area contributed by atoms with Gasteiger partial charge in [-0.05, 0) is 99.9 Å². The number of Topliss-reactive ketones (excluding diaryl/α,β-unsaturated/α-hetero) is 2. The molecule has 0 bridgehead atoms. The molecule has 0 atom stereocenters. The van der Waals surface area contributed by atoms with E-state index in [-0.39, 0.29) is 18.2 Å². The highest BCUT2D eigenvalue weighted by Gasteiger charge is 2.32. The van der Waals surface area contributed by atoms with Crippen LogP contribution in [0.1, 0.15) is 89.2 Å². The lowest BCUT2D eigenvalue weighted by atomic mass is 9.90. The molecule has 0 fully saturated rings. The molecule has 160 valence electrons. The highest BCUT2D eigenvalue weighted by molar-refractivity contribution is 6.28. The second-order valence-electron chi connectivity index (χ2n) is 9.05. The van der Waals surface area contributed by atoms with E-state index >= 15 is 0 Å². The van der Waals surface area contributed by atoms with Gasteiger partial charge in [-0.25, -0.2) is 0 Å². The van der Waals surface area contributed by atoms with Gasteiger partial charge >= 0.3 is 0 Å². The van der Waals surface area contributed by atoms with Crippen molar-refractivity contribution in [1.29, 1.82) is 0 Å². The fourth-order valence-electron chi connectivity index (χ4n) is 5.18. The lowest BCUT2D eigenvalue weighted by molar-refractivity contribution is 0.0997. The van der Waals surface area contributed by atoms with Crippen LogP contribution in [0.25, 0.3) is 0 Å². The van der Waals surface area contributed by atoms with Crippen molar-refractivity contribution in [3.8, 4) is 0 Å². The van der Waals surface area contributed by atoms with Gasteiger partial charge in [0.15, 0.2) is 11.6 Å². The topological polar surface area (TPSA) is 58.9 Å². The van der Waals surface area contributed by atoms with E-state index in [1.807, 2.05) is 13.8 Å². The first-order valence-electron chi connectivity index (χ1n) is 10.9. The molecule has 0 unspecified atom stereocenters. The minimum atomic E-state index is 0.143. The molecular formula is C27H30N2O2. The van der Waals surface area contributed by atoms with Gasteiger partial charge in [0.1, 0.15) is 6.67 Å². The molecule has 4 rings (SSSR count). The van der Waals surface area contributed by atoms with Gasteiger partial charge < -0.3 is 0 Å². The Morgan fingerprint density at radius 2 is 0.774 bits per heavy atom. The number of nitrogens with zero attached hydrogens (tertiary/aromatic N) is 2. The van der Waals surface area contributed by atoms with Crippen molar-refractivity contribution in [3.63, 3.8) is 0 Å². The third-order valence-corrected chi connectivity index (χ3v) is 7.69. The number of rotatable bonds is 2. The minimum Gasteiger partial charge on any atom is -0.294 e. The van der Waals surface area contributed by atoms with E-state index in [1.54, 1.807) is 0 Å². The van der Waals surface area contributed by atoms with Crippen LogP contribution < -0.4 is 0 Å². The number of carbonyl (C=O) groups excluding carboxylic acids is 2. The van der Waals surface area contributed by atoms with Crippen LogP contribution in [0.3, 0.4) is 0 Å². The van der Waals surface area contributed by atoms with Crippen LogP contribution in [0.15, 0.2) is 9.98 Å². The molecule has 0 amide bonds. The summed E-state index contributed by atoms with van der Waals surface area (Å²) in [6.45, 7) is 16.8. The van der Waals surface area contributed by atoms with Crippen LogP contribution in [0.4, 0.5) is 0 Å². The first-order chi connectivity index (χ1) is 14.6. The SMILES string of the molecule is Cc1c(C)c(C)c2c(c1C)C(=O)CC2=NCN=C1CC(=O)c2c(C)c(C)c(C)c(C)c21. The standard InChI is InChI=1S/C27H30N2O2/c1-12-14(3)18(7)26-22(30)9-20(24(26)16(12)5)28-11-29-21-10-23(31)27-19(8)15(4)13(2)17(6)25(21)27/h9-11H2,1-8H3. The normalized spacial score (nSPS) is 17.8. The molecule has 2 aliphatic carbocycles. The number of aliphatic imine (C=N–C) groups is 2. The second kappa shape index (κ2) is 7.37. The van der Waals surface area contributed by atoms with E-state index in [0.717, 1.165) is 55.9 Å². The molecule has 31 heavy (non-hydrogen) atoms. The summed E-state index contributed by atoms with van der Waals surface area (Å²) in [5, 5.41) is 0. The van der Waals surface area contributed by atoms with Gasteiger partial charge in [0.25, 0.3) is 0 Å². The molecule has 0 heterocycles. The summed E-state index contributed by atoms with van der Waals surface area (Å²) in [6.07, 6.45) is 0.660. The molecule has 4 nitrogen and oxygen atoms in total. The van der Waals surface area contributed by atoms with Gasteiger partial charge in [0, 0.05) is 22.3 Å². The van der Waals surface area contributed by atoms with Crippen molar-refractivity contribution in [1.82, 2.24) is 0 Å².